The molecule has 0 spiro atoms. The van der Waals surface area contributed by atoms with Gasteiger partial charge in [-0.05, 0) is 32.2 Å². The average Bonchev–Trinajstić information content (AvgIpc) is 2.34. The SMILES string of the molecule is CCNC(CO)COC1CCCC(OC)C1. The maximum Gasteiger partial charge on any atom is 0.0645 e. The van der Waals surface area contributed by atoms with Crippen LogP contribution < -0.4 is 5.32 Å². The summed E-state index contributed by atoms with van der Waals surface area (Å²) in [6, 6.07) is 0.0629. The van der Waals surface area contributed by atoms with Crippen LogP contribution in [0.3, 0.4) is 0 Å². The van der Waals surface area contributed by atoms with Crippen molar-refractivity contribution in [3.05, 3.63) is 0 Å². The Labute approximate surface area is 98.3 Å². The Morgan fingerprint density at radius 2 is 2.12 bits per heavy atom. The normalized spacial score (nSPS) is 27.9. The lowest BCUT2D eigenvalue weighted by Crippen LogP contribution is -2.39. The fourth-order valence-corrected chi connectivity index (χ4v) is 2.18. The monoisotopic (exact) mass is 231 g/mol. The van der Waals surface area contributed by atoms with Gasteiger partial charge >= 0.3 is 0 Å². The second-order valence-corrected chi connectivity index (χ2v) is 4.42. The molecule has 3 unspecified atom stereocenters. The van der Waals surface area contributed by atoms with Gasteiger partial charge in [0.15, 0.2) is 0 Å². The molecule has 1 fully saturated rings. The quantitative estimate of drug-likeness (QED) is 0.684. The van der Waals surface area contributed by atoms with Crippen LogP contribution in [-0.4, -0.2) is 50.2 Å². The van der Waals surface area contributed by atoms with Crippen molar-refractivity contribution < 1.29 is 14.6 Å². The molecule has 3 atom stereocenters. The Morgan fingerprint density at radius 1 is 1.38 bits per heavy atom. The van der Waals surface area contributed by atoms with Crippen LogP contribution in [0.2, 0.25) is 0 Å². The first kappa shape index (κ1) is 13.9. The summed E-state index contributed by atoms with van der Waals surface area (Å²) < 4.78 is 11.2. The molecule has 96 valence electrons. The summed E-state index contributed by atoms with van der Waals surface area (Å²) in [6.07, 6.45) is 5.07. The lowest BCUT2D eigenvalue weighted by atomic mass is 9.95. The van der Waals surface area contributed by atoms with Crippen LogP contribution in [0.1, 0.15) is 32.6 Å². The summed E-state index contributed by atoms with van der Waals surface area (Å²) in [7, 11) is 1.77. The maximum atomic E-state index is 9.12. The molecular formula is C12H25NO3. The zero-order valence-electron chi connectivity index (χ0n) is 10.4. The summed E-state index contributed by atoms with van der Waals surface area (Å²) in [5, 5.41) is 12.3. The van der Waals surface area contributed by atoms with Crippen LogP contribution in [-0.2, 0) is 9.47 Å². The van der Waals surface area contributed by atoms with E-state index in [1.165, 1.54) is 6.42 Å². The van der Waals surface area contributed by atoms with Gasteiger partial charge in [-0.15, -0.1) is 0 Å². The van der Waals surface area contributed by atoms with E-state index < -0.39 is 0 Å². The summed E-state index contributed by atoms with van der Waals surface area (Å²) in [6.45, 7) is 3.61. The highest BCUT2D eigenvalue weighted by Crippen LogP contribution is 2.23. The van der Waals surface area contributed by atoms with Crippen molar-refractivity contribution >= 4 is 0 Å². The van der Waals surface area contributed by atoms with E-state index >= 15 is 0 Å². The van der Waals surface area contributed by atoms with E-state index in [1.54, 1.807) is 7.11 Å². The van der Waals surface area contributed by atoms with Crippen LogP contribution >= 0.6 is 0 Å². The van der Waals surface area contributed by atoms with Gasteiger partial charge in [0.2, 0.25) is 0 Å². The minimum Gasteiger partial charge on any atom is -0.395 e. The van der Waals surface area contributed by atoms with Crippen LogP contribution in [0.25, 0.3) is 0 Å². The van der Waals surface area contributed by atoms with Crippen LogP contribution in [0, 0.1) is 0 Å². The van der Waals surface area contributed by atoms with Crippen molar-refractivity contribution in [2.24, 2.45) is 0 Å². The fourth-order valence-electron chi connectivity index (χ4n) is 2.18. The molecule has 4 nitrogen and oxygen atoms in total. The lowest BCUT2D eigenvalue weighted by molar-refractivity contribution is -0.0389. The summed E-state index contributed by atoms with van der Waals surface area (Å²) in [5.74, 6) is 0. The molecule has 0 aliphatic heterocycles. The van der Waals surface area contributed by atoms with E-state index in [9.17, 15) is 0 Å². The largest absolute Gasteiger partial charge is 0.395 e. The van der Waals surface area contributed by atoms with Crippen LogP contribution in [0.4, 0.5) is 0 Å². The second kappa shape index (κ2) is 8.01. The molecular weight excluding hydrogens is 206 g/mol. The zero-order valence-corrected chi connectivity index (χ0v) is 10.4. The third-order valence-electron chi connectivity index (χ3n) is 3.16. The average molecular weight is 231 g/mol. The molecule has 0 heterocycles. The molecule has 1 saturated carbocycles. The molecule has 0 saturated heterocycles. The van der Waals surface area contributed by atoms with Crippen LogP contribution in [0.15, 0.2) is 0 Å². The minimum absolute atomic E-state index is 0.0629. The van der Waals surface area contributed by atoms with Crippen molar-refractivity contribution in [1.29, 1.82) is 0 Å². The summed E-state index contributed by atoms with van der Waals surface area (Å²) in [5.41, 5.74) is 0. The van der Waals surface area contributed by atoms with Gasteiger partial charge in [0.1, 0.15) is 0 Å². The third-order valence-corrected chi connectivity index (χ3v) is 3.16. The van der Waals surface area contributed by atoms with Crippen molar-refractivity contribution in [2.45, 2.75) is 50.9 Å². The van der Waals surface area contributed by atoms with E-state index in [-0.39, 0.29) is 12.6 Å². The number of aliphatic hydroxyl groups excluding tert-OH is 1. The molecule has 2 N–H and O–H groups in total. The second-order valence-electron chi connectivity index (χ2n) is 4.42. The highest BCUT2D eigenvalue weighted by atomic mass is 16.5. The Hall–Kier alpha value is -0.160. The van der Waals surface area contributed by atoms with Gasteiger partial charge in [-0.3, -0.25) is 0 Å². The Morgan fingerprint density at radius 3 is 2.75 bits per heavy atom. The Bertz CT molecular complexity index is 178. The molecule has 16 heavy (non-hydrogen) atoms. The smallest absolute Gasteiger partial charge is 0.0645 e. The lowest BCUT2D eigenvalue weighted by Gasteiger charge is -2.29. The first-order valence-corrected chi connectivity index (χ1v) is 6.28. The number of ether oxygens (including phenoxy) is 2. The predicted octanol–water partition coefficient (Wildman–Crippen LogP) is 0.931. The molecule has 0 amide bonds. The Kier molecular flexibility index (Phi) is 6.96. The minimum atomic E-state index is 0.0629. The number of hydrogen-bond acceptors (Lipinski definition) is 4. The van der Waals surface area contributed by atoms with Crippen molar-refractivity contribution in [1.82, 2.24) is 5.32 Å². The highest BCUT2D eigenvalue weighted by molar-refractivity contribution is 4.74. The third kappa shape index (κ3) is 4.78. The molecule has 1 rings (SSSR count). The first-order chi connectivity index (χ1) is 7.80. The van der Waals surface area contributed by atoms with E-state index in [1.807, 2.05) is 6.92 Å². The molecule has 0 radical (unpaired) electrons. The molecule has 1 aliphatic rings. The van der Waals surface area contributed by atoms with Crippen molar-refractivity contribution in [3.8, 4) is 0 Å². The number of likely N-dealkylation sites (N-methyl/N-ethyl adjacent to an activating group) is 1. The van der Waals surface area contributed by atoms with Gasteiger partial charge in [0, 0.05) is 7.11 Å². The fraction of sp³-hybridized carbons (Fsp3) is 1.00. The number of aliphatic hydroxyl groups is 1. The summed E-state index contributed by atoms with van der Waals surface area (Å²) in [4.78, 5) is 0. The van der Waals surface area contributed by atoms with Gasteiger partial charge in [0.25, 0.3) is 0 Å². The molecule has 4 heteroatoms. The molecule has 0 bridgehead atoms. The highest BCUT2D eigenvalue weighted by Gasteiger charge is 2.22. The molecule has 1 aliphatic carbocycles. The zero-order chi connectivity index (χ0) is 11.8. The van der Waals surface area contributed by atoms with Crippen molar-refractivity contribution in [2.75, 3.05) is 26.9 Å². The number of nitrogens with one attached hydrogen (secondary N) is 1. The molecule has 0 aromatic carbocycles. The Balaban J connectivity index is 2.20. The van der Waals surface area contributed by atoms with Gasteiger partial charge in [0.05, 0.1) is 31.5 Å². The van der Waals surface area contributed by atoms with Gasteiger partial charge in [-0.1, -0.05) is 6.92 Å². The van der Waals surface area contributed by atoms with E-state index in [0.29, 0.717) is 18.8 Å². The standard InChI is InChI=1S/C12H25NO3/c1-3-13-10(8-14)9-16-12-6-4-5-11(7-12)15-2/h10-14H,3-9H2,1-2H3. The molecule has 0 aromatic rings. The van der Waals surface area contributed by atoms with E-state index in [0.717, 1.165) is 25.8 Å². The summed E-state index contributed by atoms with van der Waals surface area (Å²) >= 11 is 0. The first-order valence-electron chi connectivity index (χ1n) is 6.28. The van der Waals surface area contributed by atoms with Crippen molar-refractivity contribution in [3.63, 3.8) is 0 Å². The van der Waals surface area contributed by atoms with Gasteiger partial charge < -0.3 is 19.9 Å². The maximum absolute atomic E-state index is 9.12. The van der Waals surface area contributed by atoms with E-state index in [2.05, 4.69) is 5.32 Å². The van der Waals surface area contributed by atoms with Crippen LogP contribution in [0.5, 0.6) is 0 Å². The number of rotatable bonds is 7. The number of methoxy groups -OCH3 is 1. The topological polar surface area (TPSA) is 50.7 Å². The predicted molar refractivity (Wildman–Crippen MR) is 63.6 cm³/mol. The molecule has 0 aromatic heterocycles. The number of hydrogen-bond donors (Lipinski definition) is 2. The van der Waals surface area contributed by atoms with Gasteiger partial charge in [-0.25, -0.2) is 0 Å². The van der Waals surface area contributed by atoms with E-state index in [4.69, 9.17) is 14.6 Å². The van der Waals surface area contributed by atoms with Gasteiger partial charge in [-0.2, -0.15) is 0 Å².